The maximum Gasteiger partial charge on any atom is 0.223 e. The van der Waals surface area contributed by atoms with Gasteiger partial charge in [-0.3, -0.25) is 0 Å². The van der Waals surface area contributed by atoms with Crippen LogP contribution in [0.4, 0.5) is 17.6 Å². The molecule has 2 rings (SSSR count). The molecule has 1 aromatic heterocycles. The lowest BCUT2D eigenvalue weighted by molar-refractivity contribution is 0.690. The van der Waals surface area contributed by atoms with Crippen molar-refractivity contribution < 1.29 is 0 Å². The average molecular weight is 193 g/mol. The first-order valence-electron chi connectivity index (χ1n) is 4.81. The van der Waals surface area contributed by atoms with Crippen molar-refractivity contribution in [2.45, 2.75) is 25.8 Å². The summed E-state index contributed by atoms with van der Waals surface area (Å²) in [4.78, 5) is 7.87. The molecule has 5 heteroatoms. The summed E-state index contributed by atoms with van der Waals surface area (Å²) in [5.41, 5.74) is 11.0. The molecular formula is C9H15N5. The molecule has 5 nitrogen and oxygen atoms in total. The van der Waals surface area contributed by atoms with Gasteiger partial charge in [0.1, 0.15) is 11.6 Å². The van der Waals surface area contributed by atoms with Gasteiger partial charge in [-0.25, -0.2) is 0 Å². The number of nitrogens with zero attached hydrogens (tertiary/aromatic N) is 2. The third-order valence-electron chi connectivity index (χ3n) is 2.47. The van der Waals surface area contributed by atoms with Crippen LogP contribution in [-0.4, -0.2) is 16.0 Å². The van der Waals surface area contributed by atoms with E-state index in [-0.39, 0.29) is 5.95 Å². The highest BCUT2D eigenvalue weighted by Crippen LogP contribution is 2.33. The van der Waals surface area contributed by atoms with Crippen molar-refractivity contribution >= 4 is 17.6 Å². The quantitative estimate of drug-likeness (QED) is 0.662. The topological polar surface area (TPSA) is 89.8 Å². The Hall–Kier alpha value is -1.52. The molecule has 0 aliphatic heterocycles. The van der Waals surface area contributed by atoms with Crippen molar-refractivity contribution in [2.75, 3.05) is 16.8 Å². The van der Waals surface area contributed by atoms with Gasteiger partial charge < -0.3 is 16.8 Å². The van der Waals surface area contributed by atoms with Crippen LogP contribution in [0.1, 0.15) is 19.8 Å². The van der Waals surface area contributed by atoms with Gasteiger partial charge in [-0.1, -0.05) is 0 Å². The third-order valence-corrected chi connectivity index (χ3v) is 2.47. The second kappa shape index (κ2) is 3.32. The summed E-state index contributed by atoms with van der Waals surface area (Å²) in [6, 6.07) is 2.14. The van der Waals surface area contributed by atoms with Crippen LogP contribution in [0.5, 0.6) is 0 Å². The van der Waals surface area contributed by atoms with Crippen molar-refractivity contribution in [1.29, 1.82) is 0 Å². The summed E-state index contributed by atoms with van der Waals surface area (Å²) in [6.07, 6.45) is 2.59. The lowest BCUT2D eigenvalue weighted by atomic mass is 10.2. The summed E-state index contributed by atoms with van der Waals surface area (Å²) in [6.45, 7) is 2.14. The fourth-order valence-corrected chi connectivity index (χ4v) is 1.51. The first kappa shape index (κ1) is 9.05. The van der Waals surface area contributed by atoms with Crippen molar-refractivity contribution in [2.24, 2.45) is 5.92 Å². The maximum atomic E-state index is 5.56. The second-order valence-corrected chi connectivity index (χ2v) is 3.81. The molecule has 1 saturated carbocycles. The van der Waals surface area contributed by atoms with Gasteiger partial charge in [-0.05, 0) is 25.7 Å². The Bertz CT molecular complexity index is 314. The second-order valence-electron chi connectivity index (χ2n) is 3.81. The van der Waals surface area contributed by atoms with E-state index in [1.807, 2.05) is 0 Å². The number of anilines is 3. The normalized spacial score (nSPS) is 17.8. The third kappa shape index (κ3) is 2.04. The van der Waals surface area contributed by atoms with Crippen LogP contribution in [0.3, 0.4) is 0 Å². The molecule has 1 fully saturated rings. The Morgan fingerprint density at radius 2 is 2.14 bits per heavy atom. The van der Waals surface area contributed by atoms with Gasteiger partial charge in [0.05, 0.1) is 0 Å². The minimum atomic E-state index is 0.218. The first-order chi connectivity index (χ1) is 6.65. The Morgan fingerprint density at radius 3 is 2.71 bits per heavy atom. The molecule has 14 heavy (non-hydrogen) atoms. The number of nitrogen functional groups attached to an aromatic ring is 2. The minimum Gasteiger partial charge on any atom is -0.383 e. The number of nitrogens with two attached hydrogens (primary N) is 2. The highest BCUT2D eigenvalue weighted by atomic mass is 15.1. The predicted octanol–water partition coefficient (Wildman–Crippen LogP) is 0.851. The van der Waals surface area contributed by atoms with Crippen molar-refractivity contribution in [3.8, 4) is 0 Å². The summed E-state index contributed by atoms with van der Waals surface area (Å²) >= 11 is 0. The molecule has 0 amide bonds. The maximum absolute atomic E-state index is 5.56. The van der Waals surface area contributed by atoms with E-state index in [2.05, 4.69) is 22.2 Å². The monoisotopic (exact) mass is 193 g/mol. The summed E-state index contributed by atoms with van der Waals surface area (Å²) < 4.78 is 0. The van der Waals surface area contributed by atoms with Gasteiger partial charge in [-0.15, -0.1) is 0 Å². The van der Waals surface area contributed by atoms with Gasteiger partial charge in [0.15, 0.2) is 0 Å². The van der Waals surface area contributed by atoms with Gasteiger partial charge in [0.2, 0.25) is 5.95 Å². The molecule has 1 aromatic rings. The SMILES string of the molecule is CC(Nc1cc(N)nc(N)n1)C1CC1. The number of aromatic nitrogens is 2. The number of hydrogen-bond donors (Lipinski definition) is 3. The fourth-order valence-electron chi connectivity index (χ4n) is 1.51. The van der Waals surface area contributed by atoms with Crippen LogP contribution in [0.15, 0.2) is 6.07 Å². The molecule has 1 heterocycles. The van der Waals surface area contributed by atoms with Gasteiger partial charge in [0, 0.05) is 12.1 Å². The van der Waals surface area contributed by atoms with E-state index in [1.165, 1.54) is 12.8 Å². The highest BCUT2D eigenvalue weighted by Gasteiger charge is 2.27. The molecule has 1 unspecified atom stereocenters. The van der Waals surface area contributed by atoms with Crippen molar-refractivity contribution in [1.82, 2.24) is 9.97 Å². The lowest BCUT2D eigenvalue weighted by Crippen LogP contribution is -2.18. The average Bonchev–Trinajstić information content (AvgIpc) is 2.82. The van der Waals surface area contributed by atoms with E-state index >= 15 is 0 Å². The molecule has 1 atom stereocenters. The lowest BCUT2D eigenvalue weighted by Gasteiger charge is -2.13. The van der Waals surface area contributed by atoms with Gasteiger partial charge in [-0.2, -0.15) is 9.97 Å². The zero-order valence-electron chi connectivity index (χ0n) is 8.20. The molecule has 0 aromatic carbocycles. The van der Waals surface area contributed by atoms with E-state index in [1.54, 1.807) is 6.07 Å². The van der Waals surface area contributed by atoms with E-state index in [9.17, 15) is 0 Å². The zero-order valence-corrected chi connectivity index (χ0v) is 8.20. The predicted molar refractivity (Wildman–Crippen MR) is 56.7 cm³/mol. The summed E-state index contributed by atoms with van der Waals surface area (Å²) in [5, 5.41) is 3.27. The van der Waals surface area contributed by atoms with Crippen LogP contribution >= 0.6 is 0 Å². The minimum absolute atomic E-state index is 0.218. The molecule has 5 N–H and O–H groups in total. The smallest absolute Gasteiger partial charge is 0.223 e. The van der Waals surface area contributed by atoms with Crippen LogP contribution in [0.2, 0.25) is 0 Å². The van der Waals surface area contributed by atoms with Crippen LogP contribution in [0.25, 0.3) is 0 Å². The molecule has 0 saturated heterocycles. The Kier molecular flexibility index (Phi) is 2.15. The molecule has 0 bridgehead atoms. The molecule has 0 spiro atoms. The Labute approximate surface area is 82.9 Å². The number of hydrogen-bond acceptors (Lipinski definition) is 5. The van der Waals surface area contributed by atoms with E-state index in [4.69, 9.17) is 11.5 Å². The van der Waals surface area contributed by atoms with E-state index < -0.39 is 0 Å². The van der Waals surface area contributed by atoms with Crippen molar-refractivity contribution in [3.63, 3.8) is 0 Å². The molecule has 1 aliphatic rings. The molecule has 1 aliphatic carbocycles. The zero-order chi connectivity index (χ0) is 10.1. The largest absolute Gasteiger partial charge is 0.383 e. The summed E-state index contributed by atoms with van der Waals surface area (Å²) in [7, 11) is 0. The Balaban J connectivity index is 2.07. The van der Waals surface area contributed by atoms with Crippen LogP contribution in [-0.2, 0) is 0 Å². The van der Waals surface area contributed by atoms with E-state index in [0.717, 1.165) is 11.7 Å². The Morgan fingerprint density at radius 1 is 1.43 bits per heavy atom. The van der Waals surface area contributed by atoms with Gasteiger partial charge >= 0.3 is 0 Å². The summed E-state index contributed by atoms with van der Waals surface area (Å²) in [5.74, 6) is 2.11. The molecule has 76 valence electrons. The molecule has 0 radical (unpaired) electrons. The van der Waals surface area contributed by atoms with Crippen LogP contribution < -0.4 is 16.8 Å². The van der Waals surface area contributed by atoms with Gasteiger partial charge in [0.25, 0.3) is 0 Å². The standard InChI is InChI=1S/C9H15N5/c1-5(6-2-3-6)12-8-4-7(10)13-9(11)14-8/h4-6H,2-3H2,1H3,(H5,10,11,12,13,14). The number of rotatable bonds is 3. The first-order valence-corrected chi connectivity index (χ1v) is 4.81. The number of nitrogens with one attached hydrogen (secondary N) is 1. The molecular weight excluding hydrogens is 178 g/mol. The fraction of sp³-hybridized carbons (Fsp3) is 0.556. The van der Waals surface area contributed by atoms with Crippen LogP contribution in [0, 0.1) is 5.92 Å². The van der Waals surface area contributed by atoms with Crippen molar-refractivity contribution in [3.05, 3.63) is 6.07 Å². The highest BCUT2D eigenvalue weighted by molar-refractivity contribution is 5.48. The van der Waals surface area contributed by atoms with E-state index in [0.29, 0.717) is 11.9 Å².